The highest BCUT2D eigenvalue weighted by molar-refractivity contribution is 6.02. The molecule has 1 aliphatic rings. The number of ether oxygens (including phenoxy) is 2. The molecule has 1 unspecified atom stereocenters. The van der Waals surface area contributed by atoms with E-state index in [1.54, 1.807) is 14.2 Å². The van der Waals surface area contributed by atoms with Crippen LogP contribution in [0.4, 0.5) is 0 Å². The highest BCUT2D eigenvalue weighted by atomic mass is 16.5. The number of hydrogen-bond donors (Lipinski definition) is 0. The zero-order valence-electron chi connectivity index (χ0n) is 17.2. The quantitative estimate of drug-likeness (QED) is 0.557. The first-order valence-corrected chi connectivity index (χ1v) is 10.2. The Morgan fingerprint density at radius 3 is 2.43 bits per heavy atom. The lowest BCUT2D eigenvalue weighted by Crippen LogP contribution is -2.24. The third-order valence-electron chi connectivity index (χ3n) is 5.69. The van der Waals surface area contributed by atoms with E-state index in [1.165, 1.54) is 5.56 Å². The number of benzene rings is 2. The summed E-state index contributed by atoms with van der Waals surface area (Å²) in [6.07, 6.45) is 3.95. The fraction of sp³-hybridized carbons (Fsp3) is 0.458. The third kappa shape index (κ3) is 4.74. The number of fused-ring (bicyclic) bond motifs is 1. The van der Waals surface area contributed by atoms with Gasteiger partial charge in [0, 0.05) is 18.0 Å². The predicted octanol–water partition coefficient (Wildman–Crippen LogP) is 4.75. The van der Waals surface area contributed by atoms with Crippen LogP contribution >= 0.6 is 0 Å². The second-order valence-corrected chi connectivity index (χ2v) is 7.48. The average molecular weight is 382 g/mol. The van der Waals surface area contributed by atoms with Gasteiger partial charge >= 0.3 is 0 Å². The maximum Gasteiger partial charge on any atom is 0.166 e. The normalized spacial score (nSPS) is 15.7. The van der Waals surface area contributed by atoms with Crippen LogP contribution in [0, 0.1) is 5.92 Å². The Bertz CT molecular complexity index is 788. The number of nitrogens with zero attached hydrogens (tertiary/aromatic N) is 1. The van der Waals surface area contributed by atoms with Crippen LogP contribution in [0.2, 0.25) is 0 Å². The maximum atomic E-state index is 12.8. The molecule has 2 aromatic rings. The van der Waals surface area contributed by atoms with E-state index < -0.39 is 0 Å². The van der Waals surface area contributed by atoms with E-state index in [1.807, 2.05) is 12.1 Å². The molecule has 0 bridgehead atoms. The van der Waals surface area contributed by atoms with Crippen LogP contribution in [0.5, 0.6) is 11.5 Å². The molecule has 0 N–H and O–H groups in total. The van der Waals surface area contributed by atoms with Gasteiger partial charge in [-0.25, -0.2) is 0 Å². The Kier molecular flexibility index (Phi) is 7.10. The number of carbonyl (C=O) groups excluding carboxylic acids is 1. The summed E-state index contributed by atoms with van der Waals surface area (Å²) in [5, 5.41) is 0. The van der Waals surface area contributed by atoms with Gasteiger partial charge in [0.05, 0.1) is 14.2 Å². The van der Waals surface area contributed by atoms with Crippen LogP contribution < -0.4 is 9.47 Å². The molecule has 1 aliphatic carbocycles. The first kappa shape index (κ1) is 20.4. The van der Waals surface area contributed by atoms with Crippen LogP contribution in [0.3, 0.4) is 0 Å². The summed E-state index contributed by atoms with van der Waals surface area (Å²) >= 11 is 0. The van der Waals surface area contributed by atoms with Crippen molar-refractivity contribution in [3.8, 4) is 11.5 Å². The number of unbranched alkanes of at least 4 members (excludes halogenated alkanes) is 1. The summed E-state index contributed by atoms with van der Waals surface area (Å²) in [6.45, 7) is 5.31. The van der Waals surface area contributed by atoms with Crippen molar-refractivity contribution in [1.82, 2.24) is 4.90 Å². The summed E-state index contributed by atoms with van der Waals surface area (Å²) < 4.78 is 10.7. The molecular formula is C24H31NO3. The molecule has 3 rings (SSSR count). The van der Waals surface area contributed by atoms with E-state index in [4.69, 9.17) is 9.47 Å². The monoisotopic (exact) mass is 381 g/mol. The Morgan fingerprint density at radius 2 is 1.75 bits per heavy atom. The minimum Gasteiger partial charge on any atom is -0.493 e. The van der Waals surface area contributed by atoms with E-state index in [2.05, 4.69) is 42.2 Å². The van der Waals surface area contributed by atoms with Gasteiger partial charge < -0.3 is 9.47 Å². The van der Waals surface area contributed by atoms with E-state index in [9.17, 15) is 4.79 Å². The van der Waals surface area contributed by atoms with Crippen LogP contribution in [0.15, 0.2) is 42.5 Å². The van der Waals surface area contributed by atoms with Crippen molar-refractivity contribution in [3.05, 3.63) is 59.2 Å². The molecule has 4 nitrogen and oxygen atoms in total. The van der Waals surface area contributed by atoms with Crippen molar-refractivity contribution in [2.24, 2.45) is 5.92 Å². The van der Waals surface area contributed by atoms with Crippen LogP contribution in [-0.2, 0) is 13.0 Å². The van der Waals surface area contributed by atoms with Crippen molar-refractivity contribution in [2.45, 2.75) is 39.2 Å². The first-order valence-electron chi connectivity index (χ1n) is 10.2. The van der Waals surface area contributed by atoms with Gasteiger partial charge in [0.25, 0.3) is 0 Å². The zero-order valence-corrected chi connectivity index (χ0v) is 17.2. The molecule has 150 valence electrons. The van der Waals surface area contributed by atoms with Gasteiger partial charge in [-0.1, -0.05) is 43.7 Å². The van der Waals surface area contributed by atoms with Crippen LogP contribution in [0.25, 0.3) is 0 Å². The summed E-state index contributed by atoms with van der Waals surface area (Å²) in [5.74, 6) is 1.69. The molecule has 1 atom stereocenters. The van der Waals surface area contributed by atoms with E-state index in [-0.39, 0.29) is 11.7 Å². The van der Waals surface area contributed by atoms with E-state index >= 15 is 0 Å². The number of Topliss-reactive ketones (excluding diaryl/α,β-unsaturated/α-hetero) is 1. The maximum absolute atomic E-state index is 12.8. The van der Waals surface area contributed by atoms with E-state index in [0.29, 0.717) is 11.5 Å². The van der Waals surface area contributed by atoms with Crippen molar-refractivity contribution >= 4 is 5.78 Å². The average Bonchev–Trinajstić information content (AvgIpc) is 3.04. The Labute approximate surface area is 168 Å². The van der Waals surface area contributed by atoms with Gasteiger partial charge in [-0.15, -0.1) is 0 Å². The summed E-state index contributed by atoms with van der Waals surface area (Å²) in [4.78, 5) is 15.3. The predicted molar refractivity (Wildman–Crippen MR) is 112 cm³/mol. The molecule has 0 saturated heterocycles. The SMILES string of the molecule is CCN(CCCCC1Cc2cc(OC)c(OC)cc2C1=O)Cc1ccccc1. The van der Waals surface area contributed by atoms with Crippen molar-refractivity contribution < 1.29 is 14.3 Å². The molecule has 0 aliphatic heterocycles. The fourth-order valence-corrected chi connectivity index (χ4v) is 4.05. The number of carbonyl (C=O) groups is 1. The molecule has 0 aromatic heterocycles. The summed E-state index contributed by atoms with van der Waals surface area (Å²) in [6, 6.07) is 14.4. The smallest absolute Gasteiger partial charge is 0.166 e. The Morgan fingerprint density at radius 1 is 1.04 bits per heavy atom. The van der Waals surface area contributed by atoms with Gasteiger partial charge in [0.2, 0.25) is 0 Å². The largest absolute Gasteiger partial charge is 0.493 e. The minimum atomic E-state index is 0.0935. The Balaban J connectivity index is 1.49. The number of ketones is 1. The topological polar surface area (TPSA) is 38.8 Å². The van der Waals surface area contributed by atoms with Gasteiger partial charge in [-0.3, -0.25) is 9.69 Å². The molecule has 0 radical (unpaired) electrons. The number of methoxy groups -OCH3 is 2. The molecule has 4 heteroatoms. The van der Waals surface area contributed by atoms with Gasteiger partial charge in [-0.05, 0) is 55.6 Å². The van der Waals surface area contributed by atoms with Crippen molar-refractivity contribution in [1.29, 1.82) is 0 Å². The lowest BCUT2D eigenvalue weighted by Gasteiger charge is -2.20. The lowest BCUT2D eigenvalue weighted by atomic mass is 9.98. The standard InChI is InChI=1S/C24H31NO3/c1-4-25(17-18-10-6-5-7-11-18)13-9-8-12-19-14-20-15-22(27-2)23(28-3)16-21(20)24(19)26/h5-7,10-11,15-16,19H,4,8-9,12-14,17H2,1-3H3. The van der Waals surface area contributed by atoms with E-state index in [0.717, 1.165) is 56.4 Å². The highest BCUT2D eigenvalue weighted by Crippen LogP contribution is 2.38. The molecule has 2 aromatic carbocycles. The van der Waals surface area contributed by atoms with Gasteiger partial charge in [0.1, 0.15) is 0 Å². The summed E-state index contributed by atoms with van der Waals surface area (Å²) in [7, 11) is 3.24. The highest BCUT2D eigenvalue weighted by Gasteiger charge is 2.31. The molecular weight excluding hydrogens is 350 g/mol. The molecule has 0 saturated carbocycles. The van der Waals surface area contributed by atoms with Gasteiger partial charge in [0.15, 0.2) is 17.3 Å². The fourth-order valence-electron chi connectivity index (χ4n) is 4.05. The molecule has 28 heavy (non-hydrogen) atoms. The summed E-state index contributed by atoms with van der Waals surface area (Å²) in [5.41, 5.74) is 3.25. The van der Waals surface area contributed by atoms with Crippen LogP contribution in [0.1, 0.15) is 47.7 Å². The lowest BCUT2D eigenvalue weighted by molar-refractivity contribution is 0.0928. The number of rotatable bonds is 10. The molecule has 0 amide bonds. The second-order valence-electron chi connectivity index (χ2n) is 7.48. The van der Waals surface area contributed by atoms with Gasteiger partial charge in [-0.2, -0.15) is 0 Å². The third-order valence-corrected chi connectivity index (χ3v) is 5.69. The van der Waals surface area contributed by atoms with Crippen LogP contribution in [-0.4, -0.2) is 38.0 Å². The molecule has 0 fully saturated rings. The second kappa shape index (κ2) is 9.74. The van der Waals surface area contributed by atoms with Crippen molar-refractivity contribution in [3.63, 3.8) is 0 Å². The zero-order chi connectivity index (χ0) is 19.9. The molecule has 0 spiro atoms. The Hall–Kier alpha value is -2.33. The molecule has 0 heterocycles. The first-order chi connectivity index (χ1) is 13.7. The minimum absolute atomic E-state index is 0.0935. The van der Waals surface area contributed by atoms with Crippen molar-refractivity contribution in [2.75, 3.05) is 27.3 Å². The number of hydrogen-bond acceptors (Lipinski definition) is 4.